The number of benzene rings is 2. The van der Waals surface area contributed by atoms with Crippen molar-refractivity contribution in [1.29, 1.82) is 0 Å². The first-order chi connectivity index (χ1) is 13.2. The minimum absolute atomic E-state index is 0.113. The summed E-state index contributed by atoms with van der Waals surface area (Å²) in [5.74, 6) is -1.00. The number of amides is 2. The second kappa shape index (κ2) is 6.49. The summed E-state index contributed by atoms with van der Waals surface area (Å²) in [7, 11) is -0.190. The first-order valence-corrected chi connectivity index (χ1v) is 10.5. The summed E-state index contributed by atoms with van der Waals surface area (Å²) < 4.78 is 26.4. The molecule has 0 unspecified atom stereocenters. The first-order valence-electron chi connectivity index (χ1n) is 8.71. The Morgan fingerprint density at radius 1 is 1.18 bits per heavy atom. The minimum atomic E-state index is -3.91. The normalized spacial score (nSPS) is 17.4. The highest BCUT2D eigenvalue weighted by Crippen LogP contribution is 2.39. The summed E-state index contributed by atoms with van der Waals surface area (Å²) in [6, 6.07) is 8.95. The standard InChI is InChI=1S/C19H18ClN3O4S/c1-22(2)16-8-4-12(10-15(16)20)21-18(24)11-3-7-14-17(9-11)28(26,27)23(19(14)25)13-5-6-13/h3-4,7-10,13H,5-6H2,1-2H3,(H,21,24). The van der Waals surface area contributed by atoms with E-state index in [0.717, 1.165) is 9.99 Å². The number of fused-ring (bicyclic) bond motifs is 1. The van der Waals surface area contributed by atoms with Gasteiger partial charge in [-0.15, -0.1) is 0 Å². The molecule has 1 aliphatic carbocycles. The van der Waals surface area contributed by atoms with E-state index in [-0.39, 0.29) is 22.1 Å². The fourth-order valence-corrected chi connectivity index (χ4v) is 5.40. The van der Waals surface area contributed by atoms with Gasteiger partial charge in [-0.2, -0.15) is 0 Å². The van der Waals surface area contributed by atoms with E-state index in [0.29, 0.717) is 23.6 Å². The zero-order chi connectivity index (χ0) is 20.2. The van der Waals surface area contributed by atoms with Gasteiger partial charge in [0, 0.05) is 31.4 Å². The van der Waals surface area contributed by atoms with E-state index in [4.69, 9.17) is 11.6 Å². The summed E-state index contributed by atoms with van der Waals surface area (Å²) in [5.41, 5.74) is 1.56. The molecule has 0 atom stereocenters. The maximum absolute atomic E-state index is 12.7. The van der Waals surface area contributed by atoms with Crippen molar-refractivity contribution in [2.24, 2.45) is 0 Å². The van der Waals surface area contributed by atoms with E-state index in [1.165, 1.54) is 18.2 Å². The summed E-state index contributed by atoms with van der Waals surface area (Å²) >= 11 is 6.22. The molecule has 1 heterocycles. The van der Waals surface area contributed by atoms with E-state index >= 15 is 0 Å². The Labute approximate surface area is 167 Å². The Morgan fingerprint density at radius 3 is 2.50 bits per heavy atom. The van der Waals surface area contributed by atoms with Crippen LogP contribution in [0.5, 0.6) is 0 Å². The van der Waals surface area contributed by atoms with Crippen LogP contribution in [0.15, 0.2) is 41.3 Å². The third-order valence-electron chi connectivity index (χ3n) is 4.78. The van der Waals surface area contributed by atoms with E-state index in [1.54, 1.807) is 18.2 Å². The van der Waals surface area contributed by atoms with Crippen LogP contribution in [-0.4, -0.2) is 44.7 Å². The summed E-state index contributed by atoms with van der Waals surface area (Å²) in [6.07, 6.45) is 1.35. The molecule has 0 radical (unpaired) electrons. The van der Waals surface area contributed by atoms with Crippen molar-refractivity contribution >= 4 is 44.8 Å². The lowest BCUT2D eigenvalue weighted by atomic mass is 10.1. The lowest BCUT2D eigenvalue weighted by Crippen LogP contribution is -2.31. The summed E-state index contributed by atoms with van der Waals surface area (Å²) in [4.78, 5) is 26.8. The second-order valence-electron chi connectivity index (χ2n) is 7.06. The fraction of sp³-hybridized carbons (Fsp3) is 0.263. The highest BCUT2D eigenvalue weighted by atomic mass is 35.5. The van der Waals surface area contributed by atoms with Crippen molar-refractivity contribution in [3.63, 3.8) is 0 Å². The predicted molar refractivity (Wildman–Crippen MR) is 107 cm³/mol. The quantitative estimate of drug-likeness (QED) is 0.823. The van der Waals surface area contributed by atoms with Gasteiger partial charge in [0.2, 0.25) is 0 Å². The van der Waals surface area contributed by atoms with Gasteiger partial charge in [-0.3, -0.25) is 9.59 Å². The predicted octanol–water partition coefficient (Wildman–Crippen LogP) is 2.97. The van der Waals surface area contributed by atoms with Crippen molar-refractivity contribution in [3.05, 3.63) is 52.5 Å². The van der Waals surface area contributed by atoms with Crippen LogP contribution < -0.4 is 10.2 Å². The number of nitrogens with one attached hydrogen (secondary N) is 1. The lowest BCUT2D eigenvalue weighted by molar-refractivity contribution is 0.0864. The Balaban J connectivity index is 1.62. The molecule has 0 spiro atoms. The molecule has 2 aromatic carbocycles. The van der Waals surface area contributed by atoms with Gasteiger partial charge in [0.25, 0.3) is 21.8 Å². The van der Waals surface area contributed by atoms with Crippen LogP contribution in [0.2, 0.25) is 5.02 Å². The Bertz CT molecular complexity index is 1110. The van der Waals surface area contributed by atoms with Crippen LogP contribution in [0, 0.1) is 0 Å². The number of sulfonamides is 1. The minimum Gasteiger partial charge on any atom is -0.376 e. The average Bonchev–Trinajstić information content (AvgIpc) is 3.42. The molecule has 7 nitrogen and oxygen atoms in total. The highest BCUT2D eigenvalue weighted by molar-refractivity contribution is 7.90. The van der Waals surface area contributed by atoms with E-state index in [1.807, 2.05) is 19.0 Å². The number of carbonyl (C=O) groups is 2. The van der Waals surface area contributed by atoms with Gasteiger partial charge in [0.1, 0.15) is 4.90 Å². The van der Waals surface area contributed by atoms with Gasteiger partial charge >= 0.3 is 0 Å². The Kier molecular flexibility index (Phi) is 4.35. The first kappa shape index (κ1) is 18.8. The Morgan fingerprint density at radius 2 is 1.89 bits per heavy atom. The molecule has 9 heteroatoms. The molecule has 2 amide bonds. The number of rotatable bonds is 4. The van der Waals surface area contributed by atoms with Crippen LogP contribution in [0.4, 0.5) is 11.4 Å². The molecule has 0 saturated heterocycles. The van der Waals surface area contributed by atoms with Gasteiger partial charge in [-0.25, -0.2) is 12.7 Å². The van der Waals surface area contributed by atoms with Crippen molar-refractivity contribution in [1.82, 2.24) is 4.31 Å². The van der Waals surface area contributed by atoms with Crippen LogP contribution in [0.25, 0.3) is 0 Å². The van der Waals surface area contributed by atoms with Gasteiger partial charge in [0.05, 0.1) is 16.3 Å². The molecular weight excluding hydrogens is 402 g/mol. The molecule has 0 bridgehead atoms. The maximum atomic E-state index is 12.7. The molecule has 28 heavy (non-hydrogen) atoms. The van der Waals surface area contributed by atoms with Crippen LogP contribution >= 0.6 is 11.6 Å². The molecular formula is C19H18ClN3O4S. The maximum Gasteiger partial charge on any atom is 0.269 e. The topological polar surface area (TPSA) is 86.8 Å². The third-order valence-corrected chi connectivity index (χ3v) is 6.96. The number of nitrogens with zero attached hydrogens (tertiary/aromatic N) is 2. The number of hydrogen-bond acceptors (Lipinski definition) is 5. The SMILES string of the molecule is CN(C)c1ccc(NC(=O)c2ccc3c(c2)S(=O)(=O)N(C2CC2)C3=O)cc1Cl. The molecule has 1 aliphatic heterocycles. The average molecular weight is 420 g/mol. The molecule has 146 valence electrons. The molecule has 1 saturated carbocycles. The van der Waals surface area contributed by atoms with Crippen molar-refractivity contribution < 1.29 is 18.0 Å². The zero-order valence-electron chi connectivity index (χ0n) is 15.3. The van der Waals surface area contributed by atoms with Crippen LogP contribution in [0.1, 0.15) is 33.6 Å². The Hall–Kier alpha value is -2.58. The van der Waals surface area contributed by atoms with E-state index in [2.05, 4.69) is 5.32 Å². The number of halogens is 1. The van der Waals surface area contributed by atoms with E-state index in [9.17, 15) is 18.0 Å². The molecule has 2 aliphatic rings. The van der Waals surface area contributed by atoms with Crippen LogP contribution in [-0.2, 0) is 10.0 Å². The monoisotopic (exact) mass is 419 g/mol. The van der Waals surface area contributed by atoms with Crippen molar-refractivity contribution in [3.8, 4) is 0 Å². The number of hydrogen-bond donors (Lipinski definition) is 1. The lowest BCUT2D eigenvalue weighted by Gasteiger charge is -2.15. The molecule has 2 aromatic rings. The largest absolute Gasteiger partial charge is 0.376 e. The van der Waals surface area contributed by atoms with Gasteiger partial charge in [-0.1, -0.05) is 11.6 Å². The van der Waals surface area contributed by atoms with Crippen molar-refractivity contribution in [2.75, 3.05) is 24.3 Å². The van der Waals surface area contributed by atoms with E-state index < -0.39 is 21.8 Å². The highest BCUT2D eigenvalue weighted by Gasteiger charge is 2.48. The molecule has 0 aromatic heterocycles. The zero-order valence-corrected chi connectivity index (χ0v) is 16.8. The molecule has 1 fully saturated rings. The molecule has 1 N–H and O–H groups in total. The fourth-order valence-electron chi connectivity index (χ4n) is 3.21. The summed E-state index contributed by atoms with van der Waals surface area (Å²) in [5, 5.41) is 3.18. The smallest absolute Gasteiger partial charge is 0.269 e. The number of carbonyl (C=O) groups excluding carboxylic acids is 2. The van der Waals surface area contributed by atoms with Gasteiger partial charge in [0.15, 0.2) is 0 Å². The molecule has 4 rings (SSSR count). The number of anilines is 2. The van der Waals surface area contributed by atoms with Gasteiger partial charge in [-0.05, 0) is 49.2 Å². The van der Waals surface area contributed by atoms with Gasteiger partial charge < -0.3 is 10.2 Å². The second-order valence-corrected chi connectivity index (χ2v) is 9.25. The third kappa shape index (κ3) is 3.02. The van der Waals surface area contributed by atoms with Crippen LogP contribution in [0.3, 0.4) is 0 Å². The van der Waals surface area contributed by atoms with Crippen molar-refractivity contribution in [2.45, 2.75) is 23.8 Å². The summed E-state index contributed by atoms with van der Waals surface area (Å²) in [6.45, 7) is 0.